The topological polar surface area (TPSA) is 33.7 Å². The van der Waals surface area contributed by atoms with Crippen molar-refractivity contribution in [1.29, 1.82) is 0 Å². The summed E-state index contributed by atoms with van der Waals surface area (Å²) >= 11 is 6.50. The molecule has 0 saturated carbocycles. The lowest BCUT2D eigenvalue weighted by Gasteiger charge is -2.36. The molecule has 2 aliphatic rings. The van der Waals surface area contributed by atoms with Gasteiger partial charge in [-0.15, -0.1) is 6.58 Å². The fourth-order valence-electron chi connectivity index (χ4n) is 2.95. The van der Waals surface area contributed by atoms with Crippen molar-refractivity contribution in [3.63, 3.8) is 0 Å². The summed E-state index contributed by atoms with van der Waals surface area (Å²) in [6.07, 6.45) is 0.902. The molecule has 1 fully saturated rings. The summed E-state index contributed by atoms with van der Waals surface area (Å²) in [6.45, 7) is 10.5. The molecule has 4 nitrogen and oxygen atoms in total. The van der Waals surface area contributed by atoms with Crippen molar-refractivity contribution < 1.29 is 9.47 Å². The fraction of sp³-hybridized carbons (Fsp3) is 0.500. The van der Waals surface area contributed by atoms with Gasteiger partial charge in [-0.2, -0.15) is 0 Å². The monoisotopic (exact) mass is 308 g/mol. The number of rotatable bonds is 4. The van der Waals surface area contributed by atoms with Crippen molar-refractivity contribution in [3.05, 3.63) is 34.9 Å². The molecule has 0 unspecified atom stereocenters. The van der Waals surface area contributed by atoms with Crippen LogP contribution in [0, 0.1) is 0 Å². The van der Waals surface area contributed by atoms with Crippen molar-refractivity contribution in [2.75, 3.05) is 33.0 Å². The van der Waals surface area contributed by atoms with E-state index in [9.17, 15) is 0 Å². The molecule has 1 atom stereocenters. The fourth-order valence-corrected chi connectivity index (χ4v) is 3.23. The number of benzene rings is 1. The van der Waals surface area contributed by atoms with E-state index in [0.29, 0.717) is 0 Å². The van der Waals surface area contributed by atoms with Crippen LogP contribution in [0.5, 0.6) is 11.5 Å². The van der Waals surface area contributed by atoms with Gasteiger partial charge in [-0.3, -0.25) is 4.90 Å². The van der Waals surface area contributed by atoms with Crippen LogP contribution in [-0.2, 0) is 0 Å². The lowest BCUT2D eigenvalue weighted by atomic mass is 9.97. The number of piperazine rings is 1. The number of hydrogen-bond donors (Lipinski definition) is 1. The van der Waals surface area contributed by atoms with Gasteiger partial charge in [0.25, 0.3) is 0 Å². The first-order chi connectivity index (χ1) is 10.1. The van der Waals surface area contributed by atoms with Crippen LogP contribution in [0.3, 0.4) is 0 Å². The molecule has 5 heteroatoms. The molecule has 0 amide bonds. The van der Waals surface area contributed by atoms with Crippen LogP contribution in [0.25, 0.3) is 0 Å². The van der Waals surface area contributed by atoms with E-state index in [4.69, 9.17) is 21.1 Å². The summed E-state index contributed by atoms with van der Waals surface area (Å²) in [5, 5.41) is 4.13. The van der Waals surface area contributed by atoms with Gasteiger partial charge in [0.15, 0.2) is 11.5 Å². The van der Waals surface area contributed by atoms with Crippen LogP contribution >= 0.6 is 11.6 Å². The molecule has 21 heavy (non-hydrogen) atoms. The summed E-state index contributed by atoms with van der Waals surface area (Å²) in [5.41, 5.74) is 2.26. The Hall–Kier alpha value is -1.23. The zero-order valence-corrected chi connectivity index (χ0v) is 13.1. The van der Waals surface area contributed by atoms with E-state index >= 15 is 0 Å². The molecule has 0 bridgehead atoms. The molecule has 1 N–H and O–H groups in total. The highest BCUT2D eigenvalue weighted by molar-refractivity contribution is 6.31. The third kappa shape index (κ3) is 3.18. The van der Waals surface area contributed by atoms with E-state index in [2.05, 4.69) is 23.7 Å². The van der Waals surface area contributed by atoms with Crippen LogP contribution in [0.4, 0.5) is 0 Å². The number of nitrogens with zero attached hydrogens (tertiary/aromatic N) is 1. The molecule has 3 rings (SSSR count). The maximum Gasteiger partial charge on any atom is 0.231 e. The van der Waals surface area contributed by atoms with E-state index in [-0.39, 0.29) is 12.8 Å². The average molecular weight is 309 g/mol. The molecule has 0 radical (unpaired) electrons. The molecule has 0 aliphatic carbocycles. The van der Waals surface area contributed by atoms with Crippen molar-refractivity contribution in [3.8, 4) is 11.5 Å². The SMILES string of the molecule is C=C(C)C[C@H](c1cc2c(cc1Cl)OCO2)N1CCNCC1. The second-order valence-electron chi connectivity index (χ2n) is 5.69. The first-order valence-corrected chi connectivity index (χ1v) is 7.71. The number of halogens is 1. The second kappa shape index (κ2) is 6.26. The van der Waals surface area contributed by atoms with Crippen LogP contribution in [0.1, 0.15) is 24.9 Å². The zero-order valence-electron chi connectivity index (χ0n) is 12.3. The van der Waals surface area contributed by atoms with Crippen molar-refractivity contribution in [2.24, 2.45) is 0 Å². The average Bonchev–Trinajstić information content (AvgIpc) is 2.92. The van der Waals surface area contributed by atoms with Gasteiger partial charge in [-0.05, 0) is 25.0 Å². The maximum absolute atomic E-state index is 6.50. The van der Waals surface area contributed by atoms with Gasteiger partial charge in [0, 0.05) is 43.3 Å². The maximum atomic E-state index is 6.50. The highest BCUT2D eigenvalue weighted by Gasteiger charge is 2.27. The molecule has 2 aliphatic heterocycles. The minimum absolute atomic E-state index is 0.242. The Balaban J connectivity index is 1.93. The van der Waals surface area contributed by atoms with E-state index in [1.165, 1.54) is 0 Å². The molecule has 114 valence electrons. The third-order valence-electron chi connectivity index (χ3n) is 3.99. The molecule has 2 heterocycles. The third-order valence-corrected chi connectivity index (χ3v) is 4.31. The molecule has 1 saturated heterocycles. The van der Waals surface area contributed by atoms with Gasteiger partial charge < -0.3 is 14.8 Å². The first kappa shape index (κ1) is 14.7. The minimum Gasteiger partial charge on any atom is -0.454 e. The molecule has 0 aromatic heterocycles. The highest BCUT2D eigenvalue weighted by Crippen LogP contribution is 2.41. The summed E-state index contributed by atoms with van der Waals surface area (Å²) in [6, 6.07) is 4.14. The lowest BCUT2D eigenvalue weighted by Crippen LogP contribution is -2.45. The Morgan fingerprint density at radius 3 is 2.67 bits per heavy atom. The van der Waals surface area contributed by atoms with Gasteiger partial charge in [0.2, 0.25) is 6.79 Å². The lowest BCUT2D eigenvalue weighted by molar-refractivity contribution is 0.170. The van der Waals surface area contributed by atoms with E-state index in [1.54, 1.807) is 0 Å². The summed E-state index contributed by atoms with van der Waals surface area (Å²) in [7, 11) is 0. The van der Waals surface area contributed by atoms with Crippen LogP contribution in [0.2, 0.25) is 5.02 Å². The Morgan fingerprint density at radius 2 is 2.00 bits per heavy atom. The Kier molecular flexibility index (Phi) is 4.38. The van der Waals surface area contributed by atoms with Crippen molar-refractivity contribution >= 4 is 11.6 Å². The van der Waals surface area contributed by atoms with Gasteiger partial charge in [0.1, 0.15) is 0 Å². The normalized spacial score (nSPS) is 19.5. The predicted octanol–water partition coefficient (Wildman–Crippen LogP) is 2.98. The van der Waals surface area contributed by atoms with Gasteiger partial charge in [0.05, 0.1) is 0 Å². The highest BCUT2D eigenvalue weighted by atomic mass is 35.5. The number of fused-ring (bicyclic) bond motifs is 1. The van der Waals surface area contributed by atoms with E-state index in [1.807, 2.05) is 12.1 Å². The Morgan fingerprint density at radius 1 is 1.33 bits per heavy atom. The van der Waals surface area contributed by atoms with Crippen molar-refractivity contribution in [1.82, 2.24) is 10.2 Å². The standard InChI is InChI=1S/C16H21ClN2O2/c1-11(2)7-14(19-5-3-18-4-6-19)12-8-15-16(9-13(12)17)21-10-20-15/h8-9,14,18H,1,3-7,10H2,2H3/t14-/m1/s1. The van der Waals surface area contributed by atoms with Crippen LogP contribution in [0.15, 0.2) is 24.3 Å². The number of hydrogen-bond acceptors (Lipinski definition) is 4. The summed E-state index contributed by atoms with van der Waals surface area (Å²) in [4.78, 5) is 2.47. The van der Waals surface area contributed by atoms with E-state index in [0.717, 1.165) is 60.3 Å². The van der Waals surface area contributed by atoms with E-state index < -0.39 is 0 Å². The Labute approximate surface area is 130 Å². The summed E-state index contributed by atoms with van der Waals surface area (Å²) in [5.74, 6) is 1.52. The number of ether oxygens (including phenoxy) is 2. The molecular weight excluding hydrogens is 288 g/mol. The van der Waals surface area contributed by atoms with Gasteiger partial charge in [-0.25, -0.2) is 0 Å². The smallest absolute Gasteiger partial charge is 0.231 e. The quantitative estimate of drug-likeness (QED) is 0.867. The van der Waals surface area contributed by atoms with Gasteiger partial charge >= 0.3 is 0 Å². The summed E-state index contributed by atoms with van der Waals surface area (Å²) < 4.78 is 10.9. The first-order valence-electron chi connectivity index (χ1n) is 7.33. The Bertz CT molecular complexity index is 541. The second-order valence-corrected chi connectivity index (χ2v) is 6.10. The van der Waals surface area contributed by atoms with Gasteiger partial charge in [-0.1, -0.05) is 17.2 Å². The van der Waals surface area contributed by atoms with Crippen LogP contribution in [-0.4, -0.2) is 37.9 Å². The molecule has 1 aromatic carbocycles. The molecular formula is C16H21ClN2O2. The zero-order chi connectivity index (χ0) is 14.8. The van der Waals surface area contributed by atoms with Crippen molar-refractivity contribution in [2.45, 2.75) is 19.4 Å². The minimum atomic E-state index is 0.242. The predicted molar refractivity (Wildman–Crippen MR) is 84.2 cm³/mol. The van der Waals surface area contributed by atoms with Crippen LogP contribution < -0.4 is 14.8 Å². The molecule has 1 aromatic rings. The molecule has 0 spiro atoms. The largest absolute Gasteiger partial charge is 0.454 e. The number of nitrogens with one attached hydrogen (secondary N) is 1.